The molecule has 1 aliphatic heterocycles. The third kappa shape index (κ3) is 6.09. The van der Waals surface area contributed by atoms with Gasteiger partial charge in [-0.25, -0.2) is 4.79 Å². The molecular weight excluding hydrogens is 256 g/mol. The second-order valence-electron chi connectivity index (χ2n) is 6.36. The maximum absolute atomic E-state index is 12.2. The first-order chi connectivity index (χ1) is 9.42. The molecule has 0 aromatic rings. The zero-order valence-electron chi connectivity index (χ0n) is 13.3. The lowest BCUT2D eigenvalue weighted by Gasteiger charge is -2.35. The average molecular weight is 286 g/mol. The number of aliphatic hydroxyl groups excluding tert-OH is 1. The van der Waals surface area contributed by atoms with Gasteiger partial charge in [0.2, 0.25) is 0 Å². The molecule has 0 spiro atoms. The lowest BCUT2D eigenvalue weighted by molar-refractivity contribution is -0.0546. The van der Waals surface area contributed by atoms with Crippen molar-refractivity contribution >= 4 is 6.03 Å². The van der Waals surface area contributed by atoms with Gasteiger partial charge < -0.3 is 20.1 Å². The number of nitrogens with zero attached hydrogens (tertiary/aromatic N) is 1. The fourth-order valence-electron chi connectivity index (χ4n) is 2.84. The van der Waals surface area contributed by atoms with E-state index in [9.17, 15) is 4.79 Å². The zero-order valence-corrected chi connectivity index (χ0v) is 13.3. The average Bonchev–Trinajstić information content (AvgIpc) is 2.34. The number of morpholine rings is 1. The van der Waals surface area contributed by atoms with Gasteiger partial charge in [-0.2, -0.15) is 0 Å². The largest absolute Gasteiger partial charge is 0.396 e. The molecule has 3 unspecified atom stereocenters. The lowest BCUT2D eigenvalue weighted by Crippen LogP contribution is -2.52. The zero-order chi connectivity index (χ0) is 15.1. The lowest BCUT2D eigenvalue weighted by atomic mass is 9.94. The van der Waals surface area contributed by atoms with Crippen molar-refractivity contribution in [2.75, 3.05) is 26.2 Å². The summed E-state index contributed by atoms with van der Waals surface area (Å²) in [6.45, 7) is 10.4. The van der Waals surface area contributed by atoms with Gasteiger partial charge in [0, 0.05) is 26.2 Å². The first-order valence-electron chi connectivity index (χ1n) is 7.71. The predicted octanol–water partition coefficient (Wildman–Crippen LogP) is 1.85. The Kier molecular flexibility index (Phi) is 7.30. The predicted molar refractivity (Wildman–Crippen MR) is 79.6 cm³/mol. The molecule has 5 heteroatoms. The first kappa shape index (κ1) is 17.2. The van der Waals surface area contributed by atoms with Gasteiger partial charge in [-0.3, -0.25) is 0 Å². The Morgan fingerprint density at radius 2 is 1.95 bits per heavy atom. The Balaban J connectivity index is 2.40. The van der Waals surface area contributed by atoms with Crippen LogP contribution < -0.4 is 5.32 Å². The molecule has 118 valence electrons. The molecule has 1 rings (SSSR count). The van der Waals surface area contributed by atoms with Crippen molar-refractivity contribution in [3.8, 4) is 0 Å². The molecule has 0 saturated carbocycles. The molecule has 0 aromatic carbocycles. The monoisotopic (exact) mass is 286 g/mol. The summed E-state index contributed by atoms with van der Waals surface area (Å²) in [5.41, 5.74) is 0. The highest BCUT2D eigenvalue weighted by molar-refractivity contribution is 5.74. The third-order valence-electron chi connectivity index (χ3n) is 3.59. The van der Waals surface area contributed by atoms with Gasteiger partial charge in [-0.05, 0) is 38.5 Å². The number of carbonyl (C=O) groups is 1. The minimum absolute atomic E-state index is 0.0151. The van der Waals surface area contributed by atoms with Gasteiger partial charge >= 0.3 is 6.03 Å². The van der Waals surface area contributed by atoms with Crippen LogP contribution in [0.4, 0.5) is 4.79 Å². The molecule has 2 amide bonds. The van der Waals surface area contributed by atoms with E-state index in [0.717, 1.165) is 12.8 Å². The van der Waals surface area contributed by atoms with E-state index in [1.165, 1.54) is 0 Å². The summed E-state index contributed by atoms with van der Waals surface area (Å²) in [5, 5.41) is 12.1. The van der Waals surface area contributed by atoms with Crippen molar-refractivity contribution in [1.82, 2.24) is 10.2 Å². The number of hydrogen-bond acceptors (Lipinski definition) is 3. The fourth-order valence-corrected chi connectivity index (χ4v) is 2.84. The number of amides is 2. The minimum Gasteiger partial charge on any atom is -0.396 e. The quantitative estimate of drug-likeness (QED) is 0.783. The summed E-state index contributed by atoms with van der Waals surface area (Å²) in [7, 11) is 0. The molecule has 1 aliphatic rings. The molecule has 0 aromatic heterocycles. The van der Waals surface area contributed by atoms with Crippen LogP contribution in [0.1, 0.15) is 40.5 Å². The van der Waals surface area contributed by atoms with Crippen molar-refractivity contribution in [3.05, 3.63) is 0 Å². The van der Waals surface area contributed by atoms with E-state index in [0.29, 0.717) is 31.5 Å². The molecule has 1 heterocycles. The van der Waals surface area contributed by atoms with Gasteiger partial charge in [0.05, 0.1) is 12.2 Å². The standard InChI is InChI=1S/C15H30N2O3/c1-11(2)7-14(5-6-18)8-16-15(19)17-9-12(3)20-13(4)10-17/h11-14,18H,5-10H2,1-4H3,(H,16,19). The summed E-state index contributed by atoms with van der Waals surface area (Å²) in [5.74, 6) is 0.923. The third-order valence-corrected chi connectivity index (χ3v) is 3.59. The molecule has 0 aliphatic carbocycles. The fraction of sp³-hybridized carbons (Fsp3) is 0.933. The van der Waals surface area contributed by atoms with Gasteiger partial charge in [0.15, 0.2) is 0 Å². The second-order valence-corrected chi connectivity index (χ2v) is 6.36. The minimum atomic E-state index is -0.0151. The molecule has 1 fully saturated rings. The molecule has 0 bridgehead atoms. The van der Waals surface area contributed by atoms with Gasteiger partial charge in [-0.15, -0.1) is 0 Å². The Labute approximate surface area is 122 Å². The Morgan fingerprint density at radius 1 is 1.35 bits per heavy atom. The van der Waals surface area contributed by atoms with Crippen molar-refractivity contribution in [2.45, 2.75) is 52.7 Å². The van der Waals surface area contributed by atoms with E-state index < -0.39 is 0 Å². The van der Waals surface area contributed by atoms with Crippen LogP contribution in [0.5, 0.6) is 0 Å². The molecule has 20 heavy (non-hydrogen) atoms. The van der Waals surface area contributed by atoms with Crippen LogP contribution in [-0.4, -0.2) is 54.5 Å². The molecule has 2 N–H and O–H groups in total. The number of nitrogens with one attached hydrogen (secondary N) is 1. The van der Waals surface area contributed by atoms with Crippen molar-refractivity contribution < 1.29 is 14.6 Å². The molecular formula is C15H30N2O3. The first-order valence-corrected chi connectivity index (χ1v) is 7.71. The number of urea groups is 1. The van der Waals surface area contributed by atoms with Gasteiger partial charge in [-0.1, -0.05) is 13.8 Å². The summed E-state index contributed by atoms with van der Waals surface area (Å²) in [4.78, 5) is 14.0. The summed E-state index contributed by atoms with van der Waals surface area (Å²) < 4.78 is 5.63. The summed E-state index contributed by atoms with van der Waals surface area (Å²) in [6.07, 6.45) is 1.95. The van der Waals surface area contributed by atoms with Crippen LogP contribution in [0.2, 0.25) is 0 Å². The SMILES string of the molecule is CC(C)CC(CCO)CNC(=O)N1CC(C)OC(C)C1. The van der Waals surface area contributed by atoms with Gasteiger partial charge in [0.25, 0.3) is 0 Å². The maximum atomic E-state index is 12.2. The van der Waals surface area contributed by atoms with E-state index in [2.05, 4.69) is 19.2 Å². The van der Waals surface area contributed by atoms with Crippen LogP contribution >= 0.6 is 0 Å². The number of rotatable bonds is 6. The highest BCUT2D eigenvalue weighted by Crippen LogP contribution is 2.15. The van der Waals surface area contributed by atoms with Crippen LogP contribution in [0.3, 0.4) is 0 Å². The normalized spacial score (nSPS) is 24.8. The highest BCUT2D eigenvalue weighted by atomic mass is 16.5. The van der Waals surface area contributed by atoms with E-state index in [1.54, 1.807) is 0 Å². The molecule has 3 atom stereocenters. The maximum Gasteiger partial charge on any atom is 0.317 e. The molecule has 5 nitrogen and oxygen atoms in total. The number of ether oxygens (including phenoxy) is 1. The highest BCUT2D eigenvalue weighted by Gasteiger charge is 2.26. The topological polar surface area (TPSA) is 61.8 Å². The summed E-state index contributed by atoms with van der Waals surface area (Å²) in [6, 6.07) is -0.0151. The van der Waals surface area contributed by atoms with Crippen LogP contribution in [0.25, 0.3) is 0 Å². The Hall–Kier alpha value is -0.810. The van der Waals surface area contributed by atoms with E-state index in [4.69, 9.17) is 9.84 Å². The van der Waals surface area contributed by atoms with Crippen LogP contribution in [0.15, 0.2) is 0 Å². The van der Waals surface area contributed by atoms with Crippen molar-refractivity contribution in [2.24, 2.45) is 11.8 Å². The van der Waals surface area contributed by atoms with E-state index in [-0.39, 0.29) is 24.8 Å². The van der Waals surface area contributed by atoms with Crippen molar-refractivity contribution in [3.63, 3.8) is 0 Å². The Bertz CT molecular complexity index is 287. The molecule has 0 radical (unpaired) electrons. The molecule has 1 saturated heterocycles. The van der Waals surface area contributed by atoms with Gasteiger partial charge in [0.1, 0.15) is 0 Å². The Morgan fingerprint density at radius 3 is 2.45 bits per heavy atom. The number of aliphatic hydroxyl groups is 1. The number of hydrogen-bond donors (Lipinski definition) is 2. The number of carbonyl (C=O) groups excluding carboxylic acids is 1. The van der Waals surface area contributed by atoms with E-state index >= 15 is 0 Å². The van der Waals surface area contributed by atoms with Crippen molar-refractivity contribution in [1.29, 1.82) is 0 Å². The second kappa shape index (κ2) is 8.47. The van der Waals surface area contributed by atoms with Crippen LogP contribution in [-0.2, 0) is 4.74 Å². The van der Waals surface area contributed by atoms with Crippen LogP contribution in [0, 0.1) is 11.8 Å². The summed E-state index contributed by atoms with van der Waals surface area (Å²) >= 11 is 0. The smallest absolute Gasteiger partial charge is 0.317 e. The van der Waals surface area contributed by atoms with E-state index in [1.807, 2.05) is 18.7 Å².